The number of nitrogens with zero attached hydrogens (tertiary/aromatic N) is 1. The van der Waals surface area contributed by atoms with Crippen molar-refractivity contribution in [1.82, 2.24) is 4.57 Å². The van der Waals surface area contributed by atoms with Crippen LogP contribution in [0.5, 0.6) is 0 Å². The Labute approximate surface area is 127 Å². The van der Waals surface area contributed by atoms with Gasteiger partial charge in [-0.15, -0.1) is 0 Å². The number of oxazole rings is 1. The van der Waals surface area contributed by atoms with Crippen molar-refractivity contribution < 1.29 is 4.42 Å². The number of halogens is 1. The van der Waals surface area contributed by atoms with Gasteiger partial charge in [0.05, 0.1) is 5.52 Å². The lowest BCUT2D eigenvalue weighted by molar-refractivity contribution is 0.338. The van der Waals surface area contributed by atoms with Crippen molar-refractivity contribution in [1.29, 1.82) is 0 Å². The Balaban J connectivity index is 1.80. The number of benzene rings is 1. The van der Waals surface area contributed by atoms with E-state index in [0.29, 0.717) is 10.4 Å². The quantitative estimate of drug-likeness (QED) is 0.770. The van der Waals surface area contributed by atoms with Gasteiger partial charge in [0.1, 0.15) is 0 Å². The fourth-order valence-electron chi connectivity index (χ4n) is 3.20. The van der Waals surface area contributed by atoms with Crippen molar-refractivity contribution in [3.8, 4) is 0 Å². The van der Waals surface area contributed by atoms with Crippen LogP contribution in [0.1, 0.15) is 48.9 Å². The van der Waals surface area contributed by atoms with Crippen LogP contribution in [0, 0.1) is 5.92 Å². The largest absolute Gasteiger partial charge is 0.419 e. The maximum atomic E-state index is 11.5. The Morgan fingerprint density at radius 1 is 1.35 bits per heavy atom. The first kappa shape index (κ1) is 13.9. The molecule has 3 nitrogen and oxygen atoms in total. The van der Waals surface area contributed by atoms with Gasteiger partial charge in [0.25, 0.3) is 0 Å². The molecule has 1 aromatic heterocycles. The summed E-state index contributed by atoms with van der Waals surface area (Å²) in [5.41, 5.74) is 2.75. The molecular weight excluding hydrogens is 318 g/mol. The van der Waals surface area contributed by atoms with Crippen LogP contribution in [0.4, 0.5) is 0 Å². The fourth-order valence-corrected chi connectivity index (χ4v) is 4.01. The summed E-state index contributed by atoms with van der Waals surface area (Å²) in [6, 6.07) is 6.07. The number of aryl methyl sites for hydroxylation is 1. The zero-order valence-corrected chi connectivity index (χ0v) is 13.4. The Bertz CT molecular complexity index is 652. The number of hydrogen-bond acceptors (Lipinski definition) is 2. The third-order valence-electron chi connectivity index (χ3n) is 4.44. The summed E-state index contributed by atoms with van der Waals surface area (Å²) in [7, 11) is 1.74. The predicted molar refractivity (Wildman–Crippen MR) is 84.3 cm³/mol. The average Bonchev–Trinajstić information content (AvgIpc) is 2.74. The van der Waals surface area contributed by atoms with Gasteiger partial charge in [-0.2, -0.15) is 0 Å². The lowest BCUT2D eigenvalue weighted by Gasteiger charge is -2.24. The zero-order valence-electron chi connectivity index (χ0n) is 11.8. The van der Waals surface area contributed by atoms with Gasteiger partial charge < -0.3 is 4.42 Å². The summed E-state index contributed by atoms with van der Waals surface area (Å²) in [5, 5.41) is 0. The van der Waals surface area contributed by atoms with Gasteiger partial charge >= 0.3 is 5.76 Å². The first-order chi connectivity index (χ1) is 9.65. The molecule has 0 bridgehead atoms. The summed E-state index contributed by atoms with van der Waals surface area (Å²) in [6.45, 7) is 0. The summed E-state index contributed by atoms with van der Waals surface area (Å²) in [5.74, 6) is 0.530. The van der Waals surface area contributed by atoms with Crippen LogP contribution in [-0.4, -0.2) is 4.57 Å². The van der Waals surface area contributed by atoms with Crippen LogP contribution >= 0.6 is 15.9 Å². The second-order valence-corrected chi connectivity index (χ2v) is 6.97. The van der Waals surface area contributed by atoms with Gasteiger partial charge in [-0.05, 0) is 30.0 Å². The van der Waals surface area contributed by atoms with Gasteiger partial charge in [0, 0.05) is 11.9 Å². The topological polar surface area (TPSA) is 35.1 Å². The summed E-state index contributed by atoms with van der Waals surface area (Å²) in [6.07, 6.45) is 8.01. The number of rotatable bonds is 3. The van der Waals surface area contributed by atoms with Crippen LogP contribution in [0.3, 0.4) is 0 Å². The Morgan fingerprint density at radius 2 is 2.10 bits per heavy atom. The van der Waals surface area contributed by atoms with Crippen LogP contribution in [0.15, 0.2) is 27.4 Å². The van der Waals surface area contributed by atoms with E-state index >= 15 is 0 Å². The minimum atomic E-state index is -0.296. The summed E-state index contributed by atoms with van der Waals surface area (Å²) < 4.78 is 6.81. The molecule has 1 aliphatic rings. The molecule has 108 valence electrons. The SMILES string of the molecule is Cn1c(=O)oc2cc(C(Br)CC3CCCCC3)ccc21. The summed E-state index contributed by atoms with van der Waals surface area (Å²) >= 11 is 3.81. The highest BCUT2D eigenvalue weighted by Gasteiger charge is 2.19. The van der Waals surface area contributed by atoms with Crippen LogP contribution in [0.2, 0.25) is 0 Å². The Morgan fingerprint density at radius 3 is 2.85 bits per heavy atom. The van der Waals surface area contributed by atoms with E-state index in [0.717, 1.165) is 11.4 Å². The van der Waals surface area contributed by atoms with E-state index in [2.05, 4.69) is 22.0 Å². The van der Waals surface area contributed by atoms with Crippen molar-refractivity contribution >= 4 is 27.0 Å². The van der Waals surface area contributed by atoms with Crippen molar-refractivity contribution in [3.05, 3.63) is 34.3 Å². The molecule has 0 aliphatic heterocycles. The van der Waals surface area contributed by atoms with E-state index in [9.17, 15) is 4.79 Å². The van der Waals surface area contributed by atoms with E-state index in [1.807, 2.05) is 12.1 Å². The smallest absolute Gasteiger partial charge is 0.408 e. The predicted octanol–water partition coefficient (Wildman–Crippen LogP) is 4.54. The van der Waals surface area contributed by atoms with E-state index in [-0.39, 0.29) is 5.76 Å². The molecule has 4 heteroatoms. The van der Waals surface area contributed by atoms with Crippen LogP contribution in [-0.2, 0) is 7.05 Å². The van der Waals surface area contributed by atoms with E-state index in [1.165, 1.54) is 44.1 Å². The number of alkyl halides is 1. The van der Waals surface area contributed by atoms with Gasteiger partial charge in [-0.25, -0.2) is 4.79 Å². The third kappa shape index (κ3) is 2.71. The molecule has 1 heterocycles. The molecule has 0 spiro atoms. The van der Waals surface area contributed by atoms with Crippen LogP contribution in [0.25, 0.3) is 11.1 Å². The highest BCUT2D eigenvalue weighted by atomic mass is 79.9. The molecule has 1 aliphatic carbocycles. The van der Waals surface area contributed by atoms with Gasteiger partial charge in [-0.1, -0.05) is 54.1 Å². The third-order valence-corrected chi connectivity index (χ3v) is 5.35. The lowest BCUT2D eigenvalue weighted by Crippen LogP contribution is -2.08. The first-order valence-corrected chi connectivity index (χ1v) is 8.30. The average molecular weight is 338 g/mol. The van der Waals surface area contributed by atoms with Gasteiger partial charge in [-0.3, -0.25) is 4.57 Å². The molecule has 0 saturated heterocycles. The van der Waals surface area contributed by atoms with Crippen molar-refractivity contribution in [2.24, 2.45) is 13.0 Å². The highest BCUT2D eigenvalue weighted by molar-refractivity contribution is 9.09. The molecule has 2 aromatic rings. The summed E-state index contributed by atoms with van der Waals surface area (Å²) in [4.78, 5) is 11.9. The molecule has 0 N–H and O–H groups in total. The molecule has 1 aromatic carbocycles. The molecule has 1 unspecified atom stereocenters. The molecule has 1 atom stereocenters. The second-order valence-electron chi connectivity index (χ2n) is 5.86. The molecule has 3 rings (SSSR count). The lowest BCUT2D eigenvalue weighted by atomic mass is 9.85. The van der Waals surface area contributed by atoms with E-state index in [1.54, 1.807) is 11.6 Å². The fraction of sp³-hybridized carbons (Fsp3) is 0.562. The normalized spacial score (nSPS) is 18.5. The van der Waals surface area contributed by atoms with Crippen molar-refractivity contribution in [3.63, 3.8) is 0 Å². The maximum Gasteiger partial charge on any atom is 0.419 e. The van der Waals surface area contributed by atoms with E-state index in [4.69, 9.17) is 4.42 Å². The van der Waals surface area contributed by atoms with Crippen molar-refractivity contribution in [2.45, 2.75) is 43.4 Å². The standard InChI is InChI=1S/C16H20BrNO2/c1-18-14-8-7-12(10-15(14)20-16(18)19)13(17)9-11-5-3-2-4-6-11/h7-8,10-11,13H,2-6,9H2,1H3. The zero-order chi connectivity index (χ0) is 14.1. The molecule has 0 radical (unpaired) electrons. The Hall–Kier alpha value is -1.03. The number of aromatic nitrogens is 1. The molecule has 1 fully saturated rings. The maximum absolute atomic E-state index is 11.5. The molecule has 1 saturated carbocycles. The molecule has 20 heavy (non-hydrogen) atoms. The van der Waals surface area contributed by atoms with Gasteiger partial charge in [0.2, 0.25) is 0 Å². The second kappa shape index (κ2) is 5.76. The highest BCUT2D eigenvalue weighted by Crippen LogP contribution is 2.37. The van der Waals surface area contributed by atoms with Crippen LogP contribution < -0.4 is 5.76 Å². The van der Waals surface area contributed by atoms with Crippen molar-refractivity contribution in [2.75, 3.05) is 0 Å². The minimum Gasteiger partial charge on any atom is -0.408 e. The Kier molecular flexibility index (Phi) is 4.01. The molecular formula is C16H20BrNO2. The molecule has 0 amide bonds. The van der Waals surface area contributed by atoms with Gasteiger partial charge in [0.15, 0.2) is 5.58 Å². The van der Waals surface area contributed by atoms with E-state index < -0.39 is 0 Å². The minimum absolute atomic E-state index is 0.296. The number of hydrogen-bond donors (Lipinski definition) is 0. The number of fused-ring (bicyclic) bond motifs is 1. The monoisotopic (exact) mass is 337 g/mol. The first-order valence-electron chi connectivity index (χ1n) is 7.38.